The third-order valence-corrected chi connectivity index (χ3v) is 5.00. The van der Waals surface area contributed by atoms with Gasteiger partial charge in [-0.25, -0.2) is 0 Å². The van der Waals surface area contributed by atoms with Crippen molar-refractivity contribution >= 4 is 11.9 Å². The van der Waals surface area contributed by atoms with Crippen LogP contribution in [0.25, 0.3) is 0 Å². The number of carboxylic acid groups (broad SMARTS) is 1. The smallest absolute Gasteiger partial charge is 0.307 e. The van der Waals surface area contributed by atoms with Crippen molar-refractivity contribution in [3.05, 3.63) is 0 Å². The minimum Gasteiger partial charge on any atom is -0.481 e. The van der Waals surface area contributed by atoms with Gasteiger partial charge in [-0.05, 0) is 31.1 Å². The molecule has 1 amide bonds. The molecule has 0 aromatic carbocycles. The van der Waals surface area contributed by atoms with E-state index in [9.17, 15) is 14.7 Å². The molecule has 0 saturated heterocycles. The quantitative estimate of drug-likeness (QED) is 0.822. The van der Waals surface area contributed by atoms with Crippen molar-refractivity contribution < 1.29 is 14.7 Å². The Morgan fingerprint density at radius 2 is 1.74 bits per heavy atom. The van der Waals surface area contributed by atoms with Crippen molar-refractivity contribution in [2.24, 2.45) is 23.7 Å². The largest absolute Gasteiger partial charge is 0.481 e. The molecule has 0 aromatic heterocycles. The molecular weight excluding hydrogens is 242 g/mol. The van der Waals surface area contributed by atoms with Crippen LogP contribution in [0.4, 0.5) is 0 Å². The first-order valence-electron chi connectivity index (χ1n) is 7.60. The number of carboxylic acids is 1. The van der Waals surface area contributed by atoms with E-state index in [1.165, 1.54) is 19.3 Å². The van der Waals surface area contributed by atoms with Crippen LogP contribution in [0.1, 0.15) is 51.9 Å². The van der Waals surface area contributed by atoms with Crippen LogP contribution in [0, 0.1) is 23.7 Å². The van der Waals surface area contributed by atoms with Crippen molar-refractivity contribution in [3.8, 4) is 0 Å². The fourth-order valence-electron chi connectivity index (χ4n) is 3.63. The topological polar surface area (TPSA) is 66.4 Å². The molecule has 2 aliphatic rings. The number of aliphatic carboxylic acids is 1. The SMILES string of the molecule is CC1CCCC1CNC(=O)[C@@H]1CCCC[C@@H]1C(=O)O. The van der Waals surface area contributed by atoms with Gasteiger partial charge in [0.1, 0.15) is 0 Å². The molecule has 2 unspecified atom stereocenters. The van der Waals surface area contributed by atoms with Crippen LogP contribution in [-0.4, -0.2) is 23.5 Å². The zero-order valence-electron chi connectivity index (χ0n) is 11.7. The predicted molar refractivity (Wildman–Crippen MR) is 72.6 cm³/mol. The van der Waals surface area contributed by atoms with Crippen molar-refractivity contribution in [1.82, 2.24) is 5.32 Å². The van der Waals surface area contributed by atoms with E-state index in [-0.39, 0.29) is 11.8 Å². The maximum Gasteiger partial charge on any atom is 0.307 e. The molecule has 19 heavy (non-hydrogen) atoms. The molecule has 2 rings (SSSR count). The lowest BCUT2D eigenvalue weighted by Crippen LogP contribution is -2.41. The highest BCUT2D eigenvalue weighted by molar-refractivity contribution is 5.84. The minimum absolute atomic E-state index is 0.0359. The summed E-state index contributed by atoms with van der Waals surface area (Å²) in [7, 11) is 0. The molecular formula is C15H25NO3. The third kappa shape index (κ3) is 3.48. The number of nitrogens with one attached hydrogen (secondary N) is 1. The van der Waals surface area contributed by atoms with Gasteiger partial charge in [0, 0.05) is 6.54 Å². The van der Waals surface area contributed by atoms with Crippen LogP contribution in [-0.2, 0) is 9.59 Å². The highest BCUT2D eigenvalue weighted by atomic mass is 16.4. The molecule has 0 heterocycles. The van der Waals surface area contributed by atoms with Gasteiger partial charge in [-0.15, -0.1) is 0 Å². The summed E-state index contributed by atoms with van der Waals surface area (Å²) in [5, 5.41) is 12.2. The van der Waals surface area contributed by atoms with Gasteiger partial charge in [-0.2, -0.15) is 0 Å². The van der Waals surface area contributed by atoms with E-state index >= 15 is 0 Å². The van der Waals surface area contributed by atoms with E-state index in [1.807, 2.05) is 0 Å². The molecule has 2 fully saturated rings. The van der Waals surface area contributed by atoms with E-state index in [1.54, 1.807) is 0 Å². The Hall–Kier alpha value is -1.06. The summed E-state index contributed by atoms with van der Waals surface area (Å²) >= 11 is 0. The Balaban J connectivity index is 1.85. The fourth-order valence-corrected chi connectivity index (χ4v) is 3.63. The first kappa shape index (κ1) is 14.4. The second-order valence-electron chi connectivity index (χ2n) is 6.25. The monoisotopic (exact) mass is 267 g/mol. The molecule has 4 nitrogen and oxygen atoms in total. The minimum atomic E-state index is -0.811. The molecule has 0 bridgehead atoms. The summed E-state index contributed by atoms with van der Waals surface area (Å²) in [5.41, 5.74) is 0. The highest BCUT2D eigenvalue weighted by Crippen LogP contribution is 2.32. The summed E-state index contributed by atoms with van der Waals surface area (Å²) in [4.78, 5) is 23.4. The summed E-state index contributed by atoms with van der Waals surface area (Å²) in [6.45, 7) is 2.97. The Labute approximate surface area is 115 Å². The Kier molecular flexibility index (Phi) is 4.83. The van der Waals surface area contributed by atoms with Crippen molar-refractivity contribution in [3.63, 3.8) is 0 Å². The average molecular weight is 267 g/mol. The van der Waals surface area contributed by atoms with E-state index < -0.39 is 11.9 Å². The number of carbonyl (C=O) groups excluding carboxylic acids is 1. The van der Waals surface area contributed by atoms with E-state index in [2.05, 4.69) is 12.2 Å². The zero-order valence-corrected chi connectivity index (χ0v) is 11.7. The number of amides is 1. The highest BCUT2D eigenvalue weighted by Gasteiger charge is 2.36. The Morgan fingerprint density at radius 1 is 1.05 bits per heavy atom. The lowest BCUT2D eigenvalue weighted by atomic mass is 9.78. The second kappa shape index (κ2) is 6.40. The molecule has 4 heteroatoms. The Morgan fingerprint density at radius 3 is 2.32 bits per heavy atom. The third-order valence-electron chi connectivity index (χ3n) is 5.00. The van der Waals surface area contributed by atoms with Gasteiger partial charge in [0.2, 0.25) is 5.91 Å². The molecule has 2 saturated carbocycles. The van der Waals surface area contributed by atoms with Gasteiger partial charge < -0.3 is 10.4 Å². The van der Waals surface area contributed by atoms with E-state index in [4.69, 9.17) is 0 Å². The van der Waals surface area contributed by atoms with Crippen LogP contribution in [0.3, 0.4) is 0 Å². The van der Waals surface area contributed by atoms with E-state index in [0.29, 0.717) is 18.3 Å². The zero-order chi connectivity index (χ0) is 13.8. The number of carbonyl (C=O) groups is 2. The number of hydrogen-bond donors (Lipinski definition) is 2. The van der Waals surface area contributed by atoms with Gasteiger partial charge in [0.05, 0.1) is 11.8 Å². The van der Waals surface area contributed by atoms with Crippen LogP contribution in [0.2, 0.25) is 0 Å². The Bertz CT molecular complexity index is 342. The average Bonchev–Trinajstić information content (AvgIpc) is 2.81. The first-order chi connectivity index (χ1) is 9.09. The second-order valence-corrected chi connectivity index (χ2v) is 6.25. The normalized spacial score (nSPS) is 35.0. The van der Waals surface area contributed by atoms with Gasteiger partial charge >= 0.3 is 5.97 Å². The van der Waals surface area contributed by atoms with Gasteiger partial charge in [-0.1, -0.05) is 32.6 Å². The molecule has 2 aliphatic carbocycles. The molecule has 0 aromatic rings. The maximum absolute atomic E-state index is 12.2. The first-order valence-corrected chi connectivity index (χ1v) is 7.60. The van der Waals surface area contributed by atoms with Gasteiger partial charge in [0.15, 0.2) is 0 Å². The van der Waals surface area contributed by atoms with Crippen LogP contribution < -0.4 is 5.32 Å². The van der Waals surface area contributed by atoms with Gasteiger partial charge in [-0.3, -0.25) is 9.59 Å². The van der Waals surface area contributed by atoms with Crippen molar-refractivity contribution in [2.45, 2.75) is 51.9 Å². The fraction of sp³-hybridized carbons (Fsp3) is 0.867. The molecule has 108 valence electrons. The van der Waals surface area contributed by atoms with Crippen molar-refractivity contribution in [2.75, 3.05) is 6.54 Å². The van der Waals surface area contributed by atoms with E-state index in [0.717, 1.165) is 25.8 Å². The molecule has 2 N–H and O–H groups in total. The van der Waals surface area contributed by atoms with Gasteiger partial charge in [0.25, 0.3) is 0 Å². The molecule has 0 aliphatic heterocycles. The molecule has 4 atom stereocenters. The number of rotatable bonds is 4. The van der Waals surface area contributed by atoms with Crippen LogP contribution in [0.15, 0.2) is 0 Å². The summed E-state index contributed by atoms with van der Waals surface area (Å²) in [6.07, 6.45) is 6.97. The predicted octanol–water partition coefficient (Wildman–Crippen LogP) is 2.43. The molecule has 0 radical (unpaired) electrons. The summed E-state index contributed by atoms with van der Waals surface area (Å²) < 4.78 is 0. The standard InChI is InChI=1S/C15H25NO3/c1-10-5-4-6-11(10)9-16-14(17)12-7-2-3-8-13(12)15(18)19/h10-13H,2-9H2,1H3,(H,16,17)(H,18,19)/t10?,11?,12-,13+/m1/s1. The van der Waals surface area contributed by atoms with Crippen LogP contribution >= 0.6 is 0 Å². The molecule has 0 spiro atoms. The number of hydrogen-bond acceptors (Lipinski definition) is 2. The lowest BCUT2D eigenvalue weighted by Gasteiger charge is -2.28. The maximum atomic E-state index is 12.2. The lowest BCUT2D eigenvalue weighted by molar-refractivity contribution is -0.149. The van der Waals surface area contributed by atoms with Crippen LogP contribution in [0.5, 0.6) is 0 Å². The summed E-state index contributed by atoms with van der Waals surface area (Å²) in [5.74, 6) is -0.379. The summed E-state index contributed by atoms with van der Waals surface area (Å²) in [6, 6.07) is 0. The van der Waals surface area contributed by atoms with Crippen molar-refractivity contribution in [1.29, 1.82) is 0 Å².